The highest BCUT2D eigenvalue weighted by Gasteiger charge is 2.28. The van der Waals surface area contributed by atoms with Crippen LogP contribution in [0.4, 0.5) is 5.69 Å². The molecule has 7 heteroatoms. The first-order valence-electron chi connectivity index (χ1n) is 8.45. The van der Waals surface area contributed by atoms with Gasteiger partial charge in [0.25, 0.3) is 5.91 Å². The first kappa shape index (κ1) is 14.8. The van der Waals surface area contributed by atoms with Gasteiger partial charge in [-0.3, -0.25) is 4.79 Å². The number of aromatic nitrogens is 4. The summed E-state index contributed by atoms with van der Waals surface area (Å²) in [6, 6.07) is 12.5. The maximum atomic E-state index is 12.5. The predicted molar refractivity (Wildman–Crippen MR) is 95.3 cm³/mol. The van der Waals surface area contributed by atoms with Crippen molar-refractivity contribution in [2.75, 3.05) is 5.32 Å². The normalized spacial score (nSPS) is 13.8. The van der Waals surface area contributed by atoms with Gasteiger partial charge < -0.3 is 9.73 Å². The first-order chi connectivity index (χ1) is 12.8. The van der Waals surface area contributed by atoms with Crippen LogP contribution in [0.1, 0.15) is 35.1 Å². The molecular formula is C19H15N5O2. The van der Waals surface area contributed by atoms with Gasteiger partial charge in [-0.15, -0.1) is 0 Å². The Kier molecular flexibility index (Phi) is 3.31. The maximum absolute atomic E-state index is 12.5. The maximum Gasteiger partial charge on any atom is 0.274 e. The van der Waals surface area contributed by atoms with Gasteiger partial charge in [0.1, 0.15) is 11.2 Å². The van der Waals surface area contributed by atoms with E-state index in [9.17, 15) is 4.79 Å². The van der Waals surface area contributed by atoms with Crippen molar-refractivity contribution in [3.63, 3.8) is 0 Å². The topological polar surface area (TPSA) is 85.8 Å². The minimum atomic E-state index is -0.291. The molecule has 4 aromatic rings. The second-order valence-electron chi connectivity index (χ2n) is 6.29. The van der Waals surface area contributed by atoms with Crippen molar-refractivity contribution in [3.8, 4) is 5.82 Å². The van der Waals surface area contributed by atoms with Gasteiger partial charge in [-0.05, 0) is 43.2 Å². The fourth-order valence-electron chi connectivity index (χ4n) is 2.80. The summed E-state index contributed by atoms with van der Waals surface area (Å²) >= 11 is 0. The lowest BCUT2D eigenvalue weighted by atomic mass is 10.2. The predicted octanol–water partition coefficient (Wildman–Crippen LogP) is 3.54. The van der Waals surface area contributed by atoms with Crippen LogP contribution in [0.2, 0.25) is 0 Å². The fraction of sp³-hybridized carbons (Fsp3) is 0.158. The third kappa shape index (κ3) is 2.73. The highest BCUT2D eigenvalue weighted by atomic mass is 16.3. The van der Waals surface area contributed by atoms with Crippen LogP contribution < -0.4 is 5.32 Å². The van der Waals surface area contributed by atoms with Gasteiger partial charge in [-0.25, -0.2) is 14.6 Å². The zero-order valence-electron chi connectivity index (χ0n) is 13.8. The standard InChI is InChI=1S/C19H15N5O2/c25-18(15-3-1-4-17(22-15)24-10-2-9-20-24)21-13-7-8-14-16(11-13)26-19(23-14)12-5-6-12/h1-4,7-12H,5-6H2,(H,21,25). The smallest absolute Gasteiger partial charge is 0.274 e. The fourth-order valence-corrected chi connectivity index (χ4v) is 2.80. The van der Waals surface area contributed by atoms with Gasteiger partial charge >= 0.3 is 0 Å². The van der Waals surface area contributed by atoms with E-state index in [1.807, 2.05) is 12.1 Å². The highest BCUT2D eigenvalue weighted by molar-refractivity contribution is 6.03. The highest BCUT2D eigenvalue weighted by Crippen LogP contribution is 2.40. The van der Waals surface area contributed by atoms with Gasteiger partial charge in [-0.1, -0.05) is 6.07 Å². The Balaban J connectivity index is 1.39. The summed E-state index contributed by atoms with van der Waals surface area (Å²) in [5.41, 5.74) is 2.45. The van der Waals surface area contributed by atoms with Crippen LogP contribution in [0, 0.1) is 0 Å². The first-order valence-corrected chi connectivity index (χ1v) is 8.45. The molecule has 1 aromatic carbocycles. The molecule has 1 amide bonds. The summed E-state index contributed by atoms with van der Waals surface area (Å²) in [5, 5.41) is 6.99. The van der Waals surface area contributed by atoms with Gasteiger partial charge in [0.2, 0.25) is 0 Å². The van der Waals surface area contributed by atoms with E-state index in [1.165, 1.54) is 0 Å². The third-order valence-corrected chi connectivity index (χ3v) is 4.30. The van der Waals surface area contributed by atoms with Crippen LogP contribution in [0.25, 0.3) is 16.9 Å². The molecule has 0 atom stereocenters. The number of hydrogen-bond acceptors (Lipinski definition) is 5. The molecule has 128 valence electrons. The molecule has 1 aliphatic rings. The average Bonchev–Trinajstić information content (AvgIpc) is 3.19. The molecule has 0 saturated heterocycles. The number of carbonyl (C=O) groups is 1. The molecule has 0 unspecified atom stereocenters. The number of amides is 1. The summed E-state index contributed by atoms with van der Waals surface area (Å²) in [6.45, 7) is 0. The Morgan fingerprint density at radius 2 is 2.08 bits per heavy atom. The number of oxazole rings is 1. The molecule has 5 rings (SSSR count). The molecule has 0 radical (unpaired) electrons. The molecule has 1 saturated carbocycles. The number of anilines is 1. The molecule has 7 nitrogen and oxygen atoms in total. The molecule has 1 N–H and O–H groups in total. The van der Waals surface area contributed by atoms with Crippen molar-refractivity contribution < 1.29 is 9.21 Å². The third-order valence-electron chi connectivity index (χ3n) is 4.30. The molecule has 26 heavy (non-hydrogen) atoms. The number of nitrogens with one attached hydrogen (secondary N) is 1. The lowest BCUT2D eigenvalue weighted by Gasteiger charge is -2.06. The molecule has 1 fully saturated rings. The molecule has 0 aliphatic heterocycles. The average molecular weight is 345 g/mol. The monoisotopic (exact) mass is 345 g/mol. The molecule has 0 spiro atoms. The number of pyridine rings is 1. The van der Waals surface area contributed by atoms with Gasteiger partial charge in [0.15, 0.2) is 17.3 Å². The summed E-state index contributed by atoms with van der Waals surface area (Å²) < 4.78 is 7.41. The Morgan fingerprint density at radius 1 is 1.15 bits per heavy atom. The van der Waals surface area contributed by atoms with Crippen LogP contribution in [0.3, 0.4) is 0 Å². The van der Waals surface area contributed by atoms with Crippen LogP contribution in [-0.4, -0.2) is 25.7 Å². The van der Waals surface area contributed by atoms with E-state index in [0.29, 0.717) is 28.7 Å². The SMILES string of the molecule is O=C(Nc1ccc2nc(C3CC3)oc2c1)c1cccc(-n2cccn2)n1. The van der Waals surface area contributed by atoms with E-state index < -0.39 is 0 Å². The van der Waals surface area contributed by atoms with E-state index in [1.54, 1.807) is 47.4 Å². The van der Waals surface area contributed by atoms with E-state index >= 15 is 0 Å². The molecule has 1 aliphatic carbocycles. The van der Waals surface area contributed by atoms with E-state index in [-0.39, 0.29) is 5.91 Å². The Morgan fingerprint density at radius 3 is 2.88 bits per heavy atom. The second-order valence-corrected chi connectivity index (χ2v) is 6.29. The molecule has 3 aromatic heterocycles. The number of benzene rings is 1. The number of fused-ring (bicyclic) bond motifs is 1. The quantitative estimate of drug-likeness (QED) is 0.611. The Bertz CT molecular complexity index is 1100. The summed E-state index contributed by atoms with van der Waals surface area (Å²) in [4.78, 5) is 21.4. The Hall–Kier alpha value is -3.48. The number of nitrogens with zero attached hydrogens (tertiary/aromatic N) is 4. The second kappa shape index (κ2) is 5.80. The van der Waals surface area contributed by atoms with Gasteiger partial charge in [0.05, 0.1) is 0 Å². The van der Waals surface area contributed by atoms with Gasteiger partial charge in [-0.2, -0.15) is 5.10 Å². The van der Waals surface area contributed by atoms with Crippen molar-refractivity contribution in [1.82, 2.24) is 19.7 Å². The van der Waals surface area contributed by atoms with Crippen molar-refractivity contribution in [1.29, 1.82) is 0 Å². The number of hydrogen-bond donors (Lipinski definition) is 1. The van der Waals surface area contributed by atoms with E-state index in [0.717, 1.165) is 24.2 Å². The Labute approximate surface area is 148 Å². The zero-order valence-corrected chi connectivity index (χ0v) is 13.8. The summed E-state index contributed by atoms with van der Waals surface area (Å²) in [7, 11) is 0. The largest absolute Gasteiger partial charge is 0.440 e. The minimum absolute atomic E-state index is 0.291. The van der Waals surface area contributed by atoms with E-state index in [2.05, 4.69) is 20.4 Å². The number of carbonyl (C=O) groups excluding carboxylic acids is 1. The van der Waals surface area contributed by atoms with Crippen LogP contribution in [-0.2, 0) is 0 Å². The lowest BCUT2D eigenvalue weighted by molar-refractivity contribution is 0.102. The van der Waals surface area contributed by atoms with Crippen LogP contribution in [0.5, 0.6) is 0 Å². The van der Waals surface area contributed by atoms with Crippen LogP contribution >= 0.6 is 0 Å². The van der Waals surface area contributed by atoms with Crippen molar-refractivity contribution in [3.05, 3.63) is 66.4 Å². The van der Waals surface area contributed by atoms with Crippen molar-refractivity contribution in [2.24, 2.45) is 0 Å². The minimum Gasteiger partial charge on any atom is -0.440 e. The molecule has 3 heterocycles. The van der Waals surface area contributed by atoms with Gasteiger partial charge in [0, 0.05) is 30.1 Å². The lowest BCUT2D eigenvalue weighted by Crippen LogP contribution is -2.14. The van der Waals surface area contributed by atoms with Crippen molar-refractivity contribution >= 4 is 22.7 Å². The summed E-state index contributed by atoms with van der Waals surface area (Å²) in [6.07, 6.45) is 5.71. The zero-order chi connectivity index (χ0) is 17.5. The van der Waals surface area contributed by atoms with Crippen LogP contribution in [0.15, 0.2) is 59.3 Å². The molecule has 0 bridgehead atoms. The number of rotatable bonds is 4. The van der Waals surface area contributed by atoms with E-state index in [4.69, 9.17) is 4.42 Å². The van der Waals surface area contributed by atoms with Crippen molar-refractivity contribution in [2.45, 2.75) is 18.8 Å². The molecular weight excluding hydrogens is 330 g/mol. The summed E-state index contributed by atoms with van der Waals surface area (Å²) in [5.74, 6) is 1.54.